The van der Waals surface area contributed by atoms with Gasteiger partial charge >= 0.3 is 0 Å². The van der Waals surface area contributed by atoms with Gasteiger partial charge in [-0.3, -0.25) is 4.79 Å². The number of carbonyl (C=O) groups excluding carboxylic acids is 1. The minimum Gasteiger partial charge on any atom is -0.493 e. The van der Waals surface area contributed by atoms with Crippen LogP contribution in [0.5, 0.6) is 5.75 Å². The Morgan fingerprint density at radius 2 is 2.37 bits per heavy atom. The maximum absolute atomic E-state index is 12.2. The molecule has 1 atom stereocenters. The van der Waals surface area contributed by atoms with Crippen LogP contribution in [-0.2, 0) is 6.42 Å². The Morgan fingerprint density at radius 3 is 3.11 bits per heavy atom. The Bertz CT molecular complexity index is 446. The molecule has 1 aliphatic rings. The third kappa shape index (κ3) is 3.47. The predicted molar refractivity (Wildman–Crippen MR) is 75.5 cm³/mol. The van der Waals surface area contributed by atoms with Crippen molar-refractivity contribution in [3.63, 3.8) is 0 Å². The van der Waals surface area contributed by atoms with Gasteiger partial charge in [-0.2, -0.15) is 0 Å². The van der Waals surface area contributed by atoms with Gasteiger partial charge in [-0.15, -0.1) is 0 Å². The van der Waals surface area contributed by atoms with Crippen molar-refractivity contribution in [3.8, 4) is 5.75 Å². The van der Waals surface area contributed by atoms with E-state index in [0.717, 1.165) is 37.0 Å². The van der Waals surface area contributed by atoms with E-state index in [0.29, 0.717) is 18.7 Å². The van der Waals surface area contributed by atoms with Crippen LogP contribution in [0.25, 0.3) is 0 Å². The van der Waals surface area contributed by atoms with Crippen LogP contribution in [0, 0.1) is 0 Å². The van der Waals surface area contributed by atoms with Gasteiger partial charge in [-0.25, -0.2) is 0 Å². The molecule has 4 nitrogen and oxygen atoms in total. The average Bonchev–Trinajstić information content (AvgIpc) is 2.90. The van der Waals surface area contributed by atoms with Crippen LogP contribution in [-0.4, -0.2) is 25.1 Å². The summed E-state index contributed by atoms with van der Waals surface area (Å²) in [5, 5.41) is 3.00. The van der Waals surface area contributed by atoms with Crippen LogP contribution in [0.15, 0.2) is 18.2 Å². The lowest BCUT2D eigenvalue weighted by molar-refractivity contribution is 0.0935. The fraction of sp³-hybridized carbons (Fsp3) is 0.533. The number of carbonyl (C=O) groups is 1. The second-order valence-electron chi connectivity index (χ2n) is 4.97. The number of benzene rings is 1. The Kier molecular flexibility index (Phi) is 4.80. The highest BCUT2D eigenvalue weighted by atomic mass is 16.5. The SMILES string of the molecule is CCCCC(CN)NC(=O)c1ccc2c(c1)CCO2. The van der Waals surface area contributed by atoms with Crippen molar-refractivity contribution in [2.75, 3.05) is 13.2 Å². The number of hydrogen-bond acceptors (Lipinski definition) is 3. The number of rotatable bonds is 6. The highest BCUT2D eigenvalue weighted by Gasteiger charge is 2.16. The summed E-state index contributed by atoms with van der Waals surface area (Å²) in [6.45, 7) is 3.33. The van der Waals surface area contributed by atoms with E-state index < -0.39 is 0 Å². The molecule has 0 aliphatic carbocycles. The summed E-state index contributed by atoms with van der Waals surface area (Å²) in [4.78, 5) is 12.2. The Hall–Kier alpha value is -1.55. The molecule has 1 aliphatic heterocycles. The van der Waals surface area contributed by atoms with Crippen molar-refractivity contribution in [3.05, 3.63) is 29.3 Å². The Balaban J connectivity index is 1.99. The number of amides is 1. The van der Waals surface area contributed by atoms with Gasteiger partial charge in [0.2, 0.25) is 0 Å². The second-order valence-corrected chi connectivity index (χ2v) is 4.97. The number of fused-ring (bicyclic) bond motifs is 1. The molecule has 1 unspecified atom stereocenters. The second kappa shape index (κ2) is 6.57. The minimum absolute atomic E-state index is 0.0405. The summed E-state index contributed by atoms with van der Waals surface area (Å²) in [5.74, 6) is 0.860. The van der Waals surface area contributed by atoms with E-state index in [-0.39, 0.29) is 11.9 Å². The lowest BCUT2D eigenvalue weighted by Crippen LogP contribution is -2.40. The van der Waals surface area contributed by atoms with E-state index in [4.69, 9.17) is 10.5 Å². The van der Waals surface area contributed by atoms with Gasteiger partial charge in [0.05, 0.1) is 6.61 Å². The van der Waals surface area contributed by atoms with E-state index in [9.17, 15) is 4.79 Å². The summed E-state index contributed by atoms with van der Waals surface area (Å²) in [6, 6.07) is 5.68. The molecule has 19 heavy (non-hydrogen) atoms. The summed E-state index contributed by atoms with van der Waals surface area (Å²) < 4.78 is 5.44. The molecule has 104 valence electrons. The van der Waals surface area contributed by atoms with Gasteiger partial charge in [0.15, 0.2) is 0 Å². The van der Waals surface area contributed by atoms with Gasteiger partial charge < -0.3 is 15.8 Å². The molecule has 1 amide bonds. The molecular weight excluding hydrogens is 240 g/mol. The number of nitrogens with one attached hydrogen (secondary N) is 1. The van der Waals surface area contributed by atoms with Crippen molar-refractivity contribution >= 4 is 5.91 Å². The fourth-order valence-electron chi connectivity index (χ4n) is 2.30. The fourth-order valence-corrected chi connectivity index (χ4v) is 2.30. The van der Waals surface area contributed by atoms with E-state index in [1.807, 2.05) is 18.2 Å². The van der Waals surface area contributed by atoms with Crippen molar-refractivity contribution in [1.29, 1.82) is 0 Å². The number of ether oxygens (including phenoxy) is 1. The smallest absolute Gasteiger partial charge is 0.251 e. The van der Waals surface area contributed by atoms with Crippen molar-refractivity contribution in [2.45, 2.75) is 38.6 Å². The number of hydrogen-bond donors (Lipinski definition) is 2. The van der Waals surface area contributed by atoms with E-state index in [1.54, 1.807) is 0 Å². The first-order valence-electron chi connectivity index (χ1n) is 7.01. The zero-order chi connectivity index (χ0) is 13.7. The van der Waals surface area contributed by atoms with Gasteiger partial charge in [0.1, 0.15) is 5.75 Å². The molecule has 2 rings (SSSR count). The molecule has 0 bridgehead atoms. The maximum Gasteiger partial charge on any atom is 0.251 e. The zero-order valence-corrected chi connectivity index (χ0v) is 11.4. The lowest BCUT2D eigenvalue weighted by atomic mass is 10.1. The molecule has 1 heterocycles. The van der Waals surface area contributed by atoms with Crippen LogP contribution in [0.4, 0.5) is 0 Å². The van der Waals surface area contributed by atoms with Crippen LogP contribution >= 0.6 is 0 Å². The molecular formula is C15H22N2O2. The van der Waals surface area contributed by atoms with Crippen LogP contribution in [0.2, 0.25) is 0 Å². The highest BCUT2D eigenvalue weighted by molar-refractivity contribution is 5.94. The van der Waals surface area contributed by atoms with Crippen molar-refractivity contribution in [2.24, 2.45) is 5.73 Å². The van der Waals surface area contributed by atoms with Gasteiger partial charge in [-0.05, 0) is 30.2 Å². The first-order chi connectivity index (χ1) is 9.24. The van der Waals surface area contributed by atoms with E-state index in [1.165, 1.54) is 0 Å². The van der Waals surface area contributed by atoms with E-state index in [2.05, 4.69) is 12.2 Å². The first kappa shape index (κ1) is 13.9. The van der Waals surface area contributed by atoms with Crippen LogP contribution in [0.1, 0.15) is 42.1 Å². The Morgan fingerprint density at radius 1 is 1.53 bits per heavy atom. The molecule has 0 spiro atoms. The zero-order valence-electron chi connectivity index (χ0n) is 11.4. The molecule has 0 saturated carbocycles. The topological polar surface area (TPSA) is 64.3 Å². The number of nitrogens with two attached hydrogens (primary N) is 1. The van der Waals surface area contributed by atoms with Crippen molar-refractivity contribution in [1.82, 2.24) is 5.32 Å². The predicted octanol–water partition coefficient (Wildman–Crippen LogP) is 1.87. The molecule has 1 aromatic carbocycles. The largest absolute Gasteiger partial charge is 0.493 e. The molecule has 4 heteroatoms. The van der Waals surface area contributed by atoms with Gasteiger partial charge in [-0.1, -0.05) is 19.8 Å². The average molecular weight is 262 g/mol. The minimum atomic E-state index is -0.0405. The van der Waals surface area contributed by atoms with Crippen LogP contribution < -0.4 is 15.8 Å². The molecule has 0 aromatic heterocycles. The summed E-state index contributed by atoms with van der Waals surface area (Å²) in [5.41, 5.74) is 7.51. The highest BCUT2D eigenvalue weighted by Crippen LogP contribution is 2.25. The van der Waals surface area contributed by atoms with E-state index >= 15 is 0 Å². The quantitative estimate of drug-likeness (QED) is 0.822. The molecule has 0 saturated heterocycles. The third-order valence-electron chi connectivity index (χ3n) is 3.48. The molecule has 0 radical (unpaired) electrons. The monoisotopic (exact) mass is 262 g/mol. The summed E-state index contributed by atoms with van der Waals surface area (Å²) in [6.07, 6.45) is 4.02. The normalized spacial score (nSPS) is 14.6. The summed E-state index contributed by atoms with van der Waals surface area (Å²) >= 11 is 0. The molecule has 1 aromatic rings. The maximum atomic E-state index is 12.2. The van der Waals surface area contributed by atoms with Gasteiger partial charge in [0, 0.05) is 24.6 Å². The number of unbranched alkanes of at least 4 members (excludes halogenated alkanes) is 1. The first-order valence-corrected chi connectivity index (χ1v) is 7.01. The molecule has 3 N–H and O–H groups in total. The standard InChI is InChI=1S/C15H22N2O2/c1-2-3-4-13(10-16)17-15(18)12-5-6-14-11(9-12)7-8-19-14/h5-6,9,13H,2-4,7-8,10,16H2,1H3,(H,17,18). The van der Waals surface area contributed by atoms with Crippen LogP contribution in [0.3, 0.4) is 0 Å². The molecule has 0 fully saturated rings. The lowest BCUT2D eigenvalue weighted by Gasteiger charge is -2.16. The van der Waals surface area contributed by atoms with Crippen molar-refractivity contribution < 1.29 is 9.53 Å². The third-order valence-corrected chi connectivity index (χ3v) is 3.48. The summed E-state index contributed by atoms with van der Waals surface area (Å²) in [7, 11) is 0. The van der Waals surface area contributed by atoms with Gasteiger partial charge in [0.25, 0.3) is 5.91 Å². The Labute approximate surface area is 114 Å².